The molecule has 1 fully saturated rings. The maximum absolute atomic E-state index is 13.7. The molecule has 0 spiro atoms. The number of hydrogen-bond acceptors (Lipinski definition) is 6. The summed E-state index contributed by atoms with van der Waals surface area (Å²) in [7, 11) is 1.30. The van der Waals surface area contributed by atoms with Gasteiger partial charge in [0, 0.05) is 24.0 Å². The quantitative estimate of drug-likeness (QED) is 0.598. The van der Waals surface area contributed by atoms with E-state index in [2.05, 4.69) is 10.3 Å². The fourth-order valence-corrected chi connectivity index (χ4v) is 5.91. The first kappa shape index (κ1) is 24.6. The van der Waals surface area contributed by atoms with E-state index in [0.717, 1.165) is 49.8 Å². The highest BCUT2D eigenvalue weighted by molar-refractivity contribution is 7.07. The van der Waals surface area contributed by atoms with Gasteiger partial charge in [0.15, 0.2) is 0 Å². The lowest BCUT2D eigenvalue weighted by molar-refractivity contribution is -0.142. The molecule has 2 aliphatic rings. The summed E-state index contributed by atoms with van der Waals surface area (Å²) in [6.45, 7) is 0.682. The molecule has 1 unspecified atom stereocenters. The third-order valence-electron chi connectivity index (χ3n) is 7.20. The maximum Gasteiger partial charge on any atom is 0.328 e. The number of hydrogen-bond donors (Lipinski definition) is 1. The summed E-state index contributed by atoms with van der Waals surface area (Å²) >= 11 is 1.43. The van der Waals surface area contributed by atoms with Gasteiger partial charge in [-0.1, -0.05) is 32.1 Å². The monoisotopic (exact) mass is 485 g/mol. The minimum absolute atomic E-state index is 0.127. The number of rotatable bonds is 7. The van der Waals surface area contributed by atoms with Crippen molar-refractivity contribution in [2.24, 2.45) is 5.92 Å². The van der Waals surface area contributed by atoms with Crippen LogP contribution in [0, 0.1) is 5.92 Å². The highest BCUT2D eigenvalue weighted by Crippen LogP contribution is 2.27. The molecular weight excluding hydrogens is 450 g/mol. The molecule has 2 aromatic rings. The number of esters is 1. The molecule has 2 heterocycles. The van der Waals surface area contributed by atoms with Crippen molar-refractivity contribution in [3.8, 4) is 0 Å². The predicted molar refractivity (Wildman–Crippen MR) is 132 cm³/mol. The molecule has 184 valence electrons. The maximum atomic E-state index is 13.7. The summed E-state index contributed by atoms with van der Waals surface area (Å²) in [6.07, 6.45) is 12.4. The van der Waals surface area contributed by atoms with Crippen LogP contribution in [0.4, 0.5) is 0 Å². The summed E-state index contributed by atoms with van der Waals surface area (Å²) < 4.78 is 6.81. The zero-order chi connectivity index (χ0) is 23.9. The van der Waals surface area contributed by atoms with E-state index in [0.29, 0.717) is 18.2 Å². The Labute approximate surface area is 204 Å². The van der Waals surface area contributed by atoms with Crippen molar-refractivity contribution in [1.29, 1.82) is 0 Å². The zero-order valence-corrected chi connectivity index (χ0v) is 20.8. The van der Waals surface area contributed by atoms with Crippen LogP contribution >= 0.6 is 11.3 Å². The molecule has 2 aliphatic carbocycles. The van der Waals surface area contributed by atoms with Crippen LogP contribution in [0.1, 0.15) is 85.1 Å². The normalized spacial score (nSPS) is 17.8. The lowest BCUT2D eigenvalue weighted by atomic mass is 9.88. The van der Waals surface area contributed by atoms with Crippen LogP contribution in [0.3, 0.4) is 0 Å². The van der Waals surface area contributed by atoms with Gasteiger partial charge in [-0.15, -0.1) is 11.3 Å². The van der Waals surface area contributed by atoms with E-state index in [-0.39, 0.29) is 17.5 Å². The van der Waals surface area contributed by atoms with Gasteiger partial charge in [0.25, 0.3) is 11.5 Å². The molecule has 4 rings (SSSR count). The SMILES string of the molecule is COC(=O)C(Cc1cscn1)NC(=O)c1cc2c(n(CC3CCCCC3)c1=O)CCCCCC2. The van der Waals surface area contributed by atoms with Crippen LogP contribution in [0.15, 0.2) is 21.8 Å². The molecule has 1 saturated carbocycles. The third-order valence-corrected chi connectivity index (χ3v) is 7.83. The molecule has 0 saturated heterocycles. The highest BCUT2D eigenvalue weighted by Gasteiger charge is 2.27. The van der Waals surface area contributed by atoms with Gasteiger partial charge < -0.3 is 14.6 Å². The summed E-state index contributed by atoms with van der Waals surface area (Å²) in [6, 6.07) is 0.889. The number of amides is 1. The van der Waals surface area contributed by atoms with Crippen molar-refractivity contribution < 1.29 is 14.3 Å². The average Bonchev–Trinajstić information content (AvgIpc) is 3.34. The second kappa shape index (κ2) is 11.8. The lowest BCUT2D eigenvalue weighted by Crippen LogP contribution is -2.45. The second-order valence-electron chi connectivity index (χ2n) is 9.60. The molecule has 0 radical (unpaired) electrons. The molecule has 7 nitrogen and oxygen atoms in total. The Hall–Kier alpha value is -2.48. The Morgan fingerprint density at radius 1 is 1.15 bits per heavy atom. The molecule has 34 heavy (non-hydrogen) atoms. The highest BCUT2D eigenvalue weighted by atomic mass is 32.1. The Bertz CT molecular complexity index is 1040. The Kier molecular flexibility index (Phi) is 8.53. The molecule has 0 bridgehead atoms. The van der Waals surface area contributed by atoms with Crippen LogP contribution in [0.25, 0.3) is 0 Å². The Morgan fingerprint density at radius 2 is 1.88 bits per heavy atom. The number of nitrogens with one attached hydrogen (secondary N) is 1. The van der Waals surface area contributed by atoms with Crippen molar-refractivity contribution >= 4 is 23.2 Å². The Balaban J connectivity index is 1.65. The number of pyridine rings is 1. The first-order chi connectivity index (χ1) is 16.6. The van der Waals surface area contributed by atoms with E-state index in [4.69, 9.17) is 4.74 Å². The van der Waals surface area contributed by atoms with Crippen molar-refractivity contribution in [3.63, 3.8) is 0 Å². The van der Waals surface area contributed by atoms with Crippen molar-refractivity contribution in [1.82, 2.24) is 14.9 Å². The van der Waals surface area contributed by atoms with E-state index >= 15 is 0 Å². The fourth-order valence-electron chi connectivity index (χ4n) is 5.34. The number of ether oxygens (including phenoxy) is 1. The number of fused-ring (bicyclic) bond motifs is 1. The summed E-state index contributed by atoms with van der Waals surface area (Å²) in [5, 5.41) is 4.60. The summed E-state index contributed by atoms with van der Waals surface area (Å²) in [5.74, 6) is -0.584. The largest absolute Gasteiger partial charge is 0.467 e. The third kappa shape index (κ3) is 5.95. The van der Waals surface area contributed by atoms with Crippen molar-refractivity contribution in [2.45, 2.75) is 89.6 Å². The molecule has 0 aliphatic heterocycles. The average molecular weight is 486 g/mol. The number of aromatic nitrogens is 2. The number of methoxy groups -OCH3 is 1. The molecular formula is C26H35N3O4S. The summed E-state index contributed by atoms with van der Waals surface area (Å²) in [4.78, 5) is 43.6. The topological polar surface area (TPSA) is 90.3 Å². The number of carbonyl (C=O) groups is 2. The second-order valence-corrected chi connectivity index (χ2v) is 10.3. The summed E-state index contributed by atoms with van der Waals surface area (Å²) in [5.41, 5.74) is 4.49. The molecule has 1 amide bonds. The van der Waals surface area contributed by atoms with E-state index in [1.807, 2.05) is 9.95 Å². The number of nitrogens with zero attached hydrogens (tertiary/aromatic N) is 2. The van der Waals surface area contributed by atoms with Gasteiger partial charge in [-0.3, -0.25) is 9.59 Å². The minimum Gasteiger partial charge on any atom is -0.467 e. The number of aryl methyl sites for hydroxylation is 1. The zero-order valence-electron chi connectivity index (χ0n) is 20.0. The fraction of sp³-hybridized carbons (Fsp3) is 0.615. The number of thiazole rings is 1. The smallest absolute Gasteiger partial charge is 0.328 e. The lowest BCUT2D eigenvalue weighted by Gasteiger charge is -2.27. The molecule has 1 atom stereocenters. The molecule has 2 aromatic heterocycles. The first-order valence-electron chi connectivity index (χ1n) is 12.6. The van der Waals surface area contributed by atoms with E-state index < -0.39 is 17.9 Å². The van der Waals surface area contributed by atoms with Gasteiger partial charge in [-0.25, -0.2) is 9.78 Å². The van der Waals surface area contributed by atoms with Gasteiger partial charge in [-0.2, -0.15) is 0 Å². The number of carbonyl (C=O) groups excluding carboxylic acids is 2. The minimum atomic E-state index is -0.896. The van der Waals surface area contributed by atoms with Crippen molar-refractivity contribution in [3.05, 3.63) is 49.8 Å². The van der Waals surface area contributed by atoms with E-state index in [9.17, 15) is 14.4 Å². The van der Waals surface area contributed by atoms with E-state index in [1.165, 1.54) is 50.6 Å². The van der Waals surface area contributed by atoms with Crippen molar-refractivity contribution in [2.75, 3.05) is 7.11 Å². The predicted octanol–water partition coefficient (Wildman–Crippen LogP) is 4.06. The first-order valence-corrected chi connectivity index (χ1v) is 13.5. The van der Waals surface area contributed by atoms with Crippen LogP contribution in [0.2, 0.25) is 0 Å². The van der Waals surface area contributed by atoms with Crippen LogP contribution in [-0.2, 0) is 35.3 Å². The van der Waals surface area contributed by atoms with Crippen LogP contribution in [-0.4, -0.2) is 34.6 Å². The van der Waals surface area contributed by atoms with Gasteiger partial charge in [-0.05, 0) is 56.1 Å². The van der Waals surface area contributed by atoms with Gasteiger partial charge in [0.1, 0.15) is 11.6 Å². The molecule has 0 aromatic carbocycles. The van der Waals surface area contributed by atoms with Gasteiger partial charge in [0.2, 0.25) is 0 Å². The van der Waals surface area contributed by atoms with Gasteiger partial charge in [0.05, 0.1) is 18.3 Å². The van der Waals surface area contributed by atoms with E-state index in [1.54, 1.807) is 11.6 Å². The van der Waals surface area contributed by atoms with Crippen LogP contribution < -0.4 is 10.9 Å². The molecule has 1 N–H and O–H groups in total. The standard InChI is InChI=1S/C26H35N3O4S/c1-33-26(32)22(14-20-16-34-17-27-20)28-24(30)21-13-19-11-7-2-3-8-12-23(19)29(25(21)31)15-18-9-5-4-6-10-18/h13,16-18,22H,2-12,14-15H2,1H3,(H,28,30). The Morgan fingerprint density at radius 3 is 2.59 bits per heavy atom. The molecule has 8 heteroatoms. The van der Waals surface area contributed by atoms with Gasteiger partial charge >= 0.3 is 5.97 Å². The van der Waals surface area contributed by atoms with Crippen LogP contribution in [0.5, 0.6) is 0 Å².